The topological polar surface area (TPSA) is 58.4 Å². The van der Waals surface area contributed by atoms with Crippen LogP contribution in [0.2, 0.25) is 0 Å². The van der Waals surface area contributed by atoms with Crippen molar-refractivity contribution in [3.05, 3.63) is 48.5 Å². The van der Waals surface area contributed by atoms with Gasteiger partial charge < -0.3 is 18.8 Å². The molecular weight excluding hydrogens is 362 g/mol. The fourth-order valence-corrected chi connectivity index (χ4v) is 3.53. The molecule has 4 rings (SSSR count). The number of benzene rings is 2. The van der Waals surface area contributed by atoms with Gasteiger partial charge in [0.1, 0.15) is 5.75 Å². The van der Waals surface area contributed by atoms with Crippen LogP contribution in [0.4, 0.5) is 0 Å². The smallest absolute Gasteiger partial charge is 0.191 e. The van der Waals surface area contributed by atoms with Gasteiger partial charge in [-0.25, -0.2) is 0 Å². The van der Waals surface area contributed by atoms with E-state index in [9.17, 15) is 0 Å². The van der Waals surface area contributed by atoms with E-state index in [-0.39, 0.29) is 0 Å². The molecular formula is C20H21N3O3S. The monoisotopic (exact) mass is 383 g/mol. The Morgan fingerprint density at radius 2 is 1.85 bits per heavy atom. The molecule has 0 atom stereocenters. The highest BCUT2D eigenvalue weighted by molar-refractivity contribution is 7.99. The van der Waals surface area contributed by atoms with E-state index in [1.54, 1.807) is 11.8 Å². The minimum atomic E-state index is 0.612. The van der Waals surface area contributed by atoms with Gasteiger partial charge in [-0.2, -0.15) is 0 Å². The molecule has 27 heavy (non-hydrogen) atoms. The van der Waals surface area contributed by atoms with Gasteiger partial charge in [0, 0.05) is 24.8 Å². The highest BCUT2D eigenvalue weighted by atomic mass is 32.2. The molecule has 0 spiro atoms. The molecule has 140 valence electrons. The van der Waals surface area contributed by atoms with Crippen molar-refractivity contribution in [1.29, 1.82) is 0 Å². The van der Waals surface area contributed by atoms with Crippen LogP contribution in [0, 0.1) is 0 Å². The van der Waals surface area contributed by atoms with Crippen LogP contribution in [-0.2, 0) is 7.05 Å². The van der Waals surface area contributed by atoms with Gasteiger partial charge in [-0.1, -0.05) is 30.0 Å². The Balaban J connectivity index is 1.41. The normalized spacial score (nSPS) is 13.2. The lowest BCUT2D eigenvalue weighted by atomic mass is 10.2. The second kappa shape index (κ2) is 8.35. The summed E-state index contributed by atoms with van der Waals surface area (Å²) in [5, 5.41) is 9.52. The van der Waals surface area contributed by atoms with Crippen LogP contribution in [0.25, 0.3) is 11.4 Å². The van der Waals surface area contributed by atoms with Crippen molar-refractivity contribution >= 4 is 11.8 Å². The molecule has 0 amide bonds. The highest BCUT2D eigenvalue weighted by Gasteiger charge is 2.16. The van der Waals surface area contributed by atoms with E-state index in [0.717, 1.165) is 46.0 Å². The number of para-hydroxylation sites is 1. The van der Waals surface area contributed by atoms with Gasteiger partial charge in [0.25, 0.3) is 0 Å². The van der Waals surface area contributed by atoms with Crippen molar-refractivity contribution in [1.82, 2.24) is 14.8 Å². The average Bonchev–Trinajstić information content (AvgIpc) is 2.91. The Kier molecular flexibility index (Phi) is 5.48. The molecule has 0 unspecified atom stereocenters. The summed E-state index contributed by atoms with van der Waals surface area (Å²) in [6, 6.07) is 15.7. The van der Waals surface area contributed by atoms with Crippen molar-refractivity contribution in [3.63, 3.8) is 0 Å². The molecule has 0 fully saturated rings. The first-order valence-corrected chi connectivity index (χ1v) is 9.90. The summed E-state index contributed by atoms with van der Waals surface area (Å²) in [5.41, 5.74) is 0.960. The van der Waals surface area contributed by atoms with Gasteiger partial charge in [-0.3, -0.25) is 0 Å². The maximum atomic E-state index is 5.77. The predicted molar refractivity (Wildman–Crippen MR) is 105 cm³/mol. The summed E-state index contributed by atoms with van der Waals surface area (Å²) in [6.45, 7) is 1.96. The molecule has 2 heterocycles. The first-order valence-electron chi connectivity index (χ1n) is 8.91. The van der Waals surface area contributed by atoms with Crippen LogP contribution in [0.3, 0.4) is 0 Å². The van der Waals surface area contributed by atoms with Gasteiger partial charge in [0.15, 0.2) is 22.5 Å². The molecule has 0 aliphatic carbocycles. The number of hydrogen-bond acceptors (Lipinski definition) is 6. The van der Waals surface area contributed by atoms with E-state index in [2.05, 4.69) is 10.2 Å². The fraction of sp³-hybridized carbons (Fsp3) is 0.300. The Bertz CT molecular complexity index is 899. The molecule has 1 aliphatic rings. The van der Waals surface area contributed by atoms with Crippen molar-refractivity contribution in [2.24, 2.45) is 7.05 Å². The fourth-order valence-electron chi connectivity index (χ4n) is 2.80. The van der Waals surface area contributed by atoms with Gasteiger partial charge in [0.2, 0.25) is 0 Å². The molecule has 6 nitrogen and oxygen atoms in total. The lowest BCUT2D eigenvalue weighted by molar-refractivity contribution is 0.297. The summed E-state index contributed by atoms with van der Waals surface area (Å²) in [4.78, 5) is 0. The zero-order chi connectivity index (χ0) is 18.5. The molecule has 0 saturated heterocycles. The summed E-state index contributed by atoms with van der Waals surface area (Å²) in [6.07, 6.45) is 0.889. The van der Waals surface area contributed by atoms with Crippen molar-refractivity contribution in [2.75, 3.05) is 25.6 Å². The summed E-state index contributed by atoms with van der Waals surface area (Å²) in [7, 11) is 1.97. The lowest BCUT2D eigenvalue weighted by Gasteiger charge is -2.09. The predicted octanol–water partition coefficient (Wildman–Crippen LogP) is 3.81. The second-order valence-electron chi connectivity index (χ2n) is 6.09. The minimum Gasteiger partial charge on any atom is -0.493 e. The Morgan fingerprint density at radius 3 is 2.70 bits per heavy atom. The summed E-state index contributed by atoms with van der Waals surface area (Å²) >= 11 is 1.62. The summed E-state index contributed by atoms with van der Waals surface area (Å²) < 4.78 is 19.2. The number of rotatable bonds is 6. The quantitative estimate of drug-likeness (QED) is 0.476. The van der Waals surface area contributed by atoms with Crippen molar-refractivity contribution in [2.45, 2.75) is 11.6 Å². The zero-order valence-electron chi connectivity index (χ0n) is 15.1. The number of hydrogen-bond donors (Lipinski definition) is 0. The van der Waals surface area contributed by atoms with Crippen molar-refractivity contribution in [3.8, 4) is 28.6 Å². The van der Waals surface area contributed by atoms with Crippen LogP contribution < -0.4 is 14.2 Å². The molecule has 0 N–H and O–H groups in total. The highest BCUT2D eigenvalue weighted by Crippen LogP contribution is 2.34. The van der Waals surface area contributed by atoms with Gasteiger partial charge in [0.05, 0.1) is 19.8 Å². The number of nitrogens with zero attached hydrogens (tertiary/aromatic N) is 3. The van der Waals surface area contributed by atoms with Crippen LogP contribution in [0.1, 0.15) is 6.42 Å². The Labute approximate surface area is 162 Å². The van der Waals surface area contributed by atoms with E-state index in [4.69, 9.17) is 14.2 Å². The largest absolute Gasteiger partial charge is 0.493 e. The van der Waals surface area contributed by atoms with Gasteiger partial charge in [-0.05, 0) is 30.3 Å². The molecule has 1 aromatic heterocycles. The minimum absolute atomic E-state index is 0.612. The van der Waals surface area contributed by atoms with E-state index in [1.165, 1.54) is 0 Å². The maximum absolute atomic E-state index is 5.77. The average molecular weight is 383 g/mol. The molecule has 1 aliphatic heterocycles. The van der Waals surface area contributed by atoms with Gasteiger partial charge >= 0.3 is 0 Å². The Hall–Kier alpha value is -2.67. The Morgan fingerprint density at radius 1 is 1.04 bits per heavy atom. The first kappa shape index (κ1) is 17.7. The number of thioether (sulfide) groups is 1. The van der Waals surface area contributed by atoms with E-state index >= 15 is 0 Å². The lowest BCUT2D eigenvalue weighted by Crippen LogP contribution is -2.02. The summed E-state index contributed by atoms with van der Waals surface area (Å²) in [5.74, 6) is 4.02. The third-order valence-corrected chi connectivity index (χ3v) is 5.15. The standard InChI is InChI=1S/C20H21N3O3S/c1-23-19(15-8-9-17-18(14-15)26-11-5-10-25-17)21-22-20(23)27-13-12-24-16-6-3-2-4-7-16/h2-4,6-9,14H,5,10-13H2,1H3. The maximum Gasteiger partial charge on any atom is 0.191 e. The number of fused-ring (bicyclic) bond motifs is 1. The molecule has 0 bridgehead atoms. The van der Waals surface area contributed by atoms with E-state index < -0.39 is 0 Å². The second-order valence-corrected chi connectivity index (χ2v) is 7.15. The third kappa shape index (κ3) is 4.19. The van der Waals surface area contributed by atoms with Crippen LogP contribution in [0.15, 0.2) is 53.7 Å². The number of ether oxygens (including phenoxy) is 3. The SMILES string of the molecule is Cn1c(SCCOc2ccccc2)nnc1-c1ccc2c(c1)OCCCO2. The molecule has 2 aromatic carbocycles. The molecule has 0 radical (unpaired) electrons. The number of aromatic nitrogens is 3. The van der Waals surface area contributed by atoms with Crippen LogP contribution in [0.5, 0.6) is 17.2 Å². The zero-order valence-corrected chi connectivity index (χ0v) is 15.9. The third-order valence-electron chi connectivity index (χ3n) is 4.17. The molecule has 0 saturated carbocycles. The molecule has 3 aromatic rings. The molecule has 7 heteroatoms. The van der Waals surface area contributed by atoms with E-state index in [1.807, 2.05) is 60.1 Å². The van der Waals surface area contributed by atoms with Crippen LogP contribution >= 0.6 is 11.8 Å². The van der Waals surface area contributed by atoms with Crippen molar-refractivity contribution < 1.29 is 14.2 Å². The van der Waals surface area contributed by atoms with Gasteiger partial charge in [-0.15, -0.1) is 10.2 Å². The first-order chi connectivity index (χ1) is 13.3. The van der Waals surface area contributed by atoms with Crippen LogP contribution in [-0.4, -0.2) is 40.3 Å². The van der Waals surface area contributed by atoms with E-state index in [0.29, 0.717) is 19.8 Å².